The Balaban J connectivity index is 1.71. The van der Waals surface area contributed by atoms with Crippen molar-refractivity contribution < 1.29 is 9.21 Å². The molecule has 0 unspecified atom stereocenters. The molecule has 4 rings (SSSR count). The summed E-state index contributed by atoms with van der Waals surface area (Å²) in [7, 11) is 0. The van der Waals surface area contributed by atoms with E-state index in [0.717, 1.165) is 27.6 Å². The largest absolute Gasteiger partial charge is 0.458 e. The molecule has 1 aromatic carbocycles. The second-order valence-corrected chi connectivity index (χ2v) is 6.75. The topological polar surface area (TPSA) is 48.0 Å². The Hall–Kier alpha value is -3.18. The van der Waals surface area contributed by atoms with Crippen LogP contribution in [-0.2, 0) is 0 Å². The number of carbonyl (C=O) groups excluding carboxylic acids is 1. The second kappa shape index (κ2) is 6.98. The summed E-state index contributed by atoms with van der Waals surface area (Å²) in [5.41, 5.74) is 2.70. The van der Waals surface area contributed by atoms with Crippen molar-refractivity contribution in [3.05, 3.63) is 89.3 Å². The fraction of sp³-hybridized carbons (Fsp3) is 0.0476. The Morgan fingerprint density at radius 1 is 1.12 bits per heavy atom. The number of nitrogens with zero attached hydrogens (tertiary/aromatic N) is 2. The maximum atomic E-state index is 12.3. The van der Waals surface area contributed by atoms with Crippen LogP contribution in [0.1, 0.15) is 21.9 Å². The van der Waals surface area contributed by atoms with Gasteiger partial charge in [-0.15, -0.1) is 11.3 Å². The molecular weight excluding hydrogens is 344 g/mol. The molecule has 0 radical (unpaired) electrons. The highest BCUT2D eigenvalue weighted by atomic mass is 32.1. The average molecular weight is 360 g/mol. The molecule has 0 bridgehead atoms. The van der Waals surface area contributed by atoms with Crippen molar-refractivity contribution in [2.24, 2.45) is 0 Å². The summed E-state index contributed by atoms with van der Waals surface area (Å²) >= 11 is 1.62. The minimum atomic E-state index is -0.164. The number of carbonyl (C=O) groups is 1. The van der Waals surface area contributed by atoms with Gasteiger partial charge >= 0.3 is 0 Å². The summed E-state index contributed by atoms with van der Waals surface area (Å²) in [6, 6.07) is 17.4. The van der Waals surface area contributed by atoms with Crippen molar-refractivity contribution in [2.45, 2.75) is 6.92 Å². The number of para-hydroxylation sites is 1. The summed E-state index contributed by atoms with van der Waals surface area (Å²) in [4.78, 5) is 13.4. The molecule has 4 nitrogen and oxygen atoms in total. The lowest BCUT2D eigenvalue weighted by molar-refractivity contribution is 0.102. The fourth-order valence-corrected chi connectivity index (χ4v) is 3.37. The normalized spacial score (nSPS) is 11.3. The molecule has 0 N–H and O–H groups in total. The molecule has 4 aromatic rings. The standard InChI is InChI=1S/C21H16N2O2S/c1-15-9-12-19(25-15)18(24)11-10-16-14-23(17-6-3-2-4-7-17)22-21(16)20-8-5-13-26-20/h2-14H,1H3/b11-10-. The van der Waals surface area contributed by atoms with Crippen LogP contribution >= 0.6 is 11.3 Å². The quantitative estimate of drug-likeness (QED) is 0.354. The van der Waals surface area contributed by atoms with Crippen LogP contribution in [-0.4, -0.2) is 15.6 Å². The van der Waals surface area contributed by atoms with Crippen LogP contribution in [0.4, 0.5) is 0 Å². The SMILES string of the molecule is Cc1ccc(C(=O)/C=C\c2cn(-c3ccccc3)nc2-c2cccs2)o1. The van der Waals surface area contributed by atoms with E-state index in [9.17, 15) is 4.79 Å². The number of thiophene rings is 1. The van der Waals surface area contributed by atoms with Gasteiger partial charge in [0.05, 0.1) is 10.6 Å². The van der Waals surface area contributed by atoms with Crippen LogP contribution in [0.25, 0.3) is 22.3 Å². The summed E-state index contributed by atoms with van der Waals surface area (Å²) < 4.78 is 7.22. The number of furan rings is 1. The number of hydrogen-bond donors (Lipinski definition) is 0. The van der Waals surface area contributed by atoms with E-state index >= 15 is 0 Å². The van der Waals surface area contributed by atoms with E-state index in [2.05, 4.69) is 0 Å². The fourth-order valence-electron chi connectivity index (χ4n) is 2.64. The van der Waals surface area contributed by atoms with Crippen LogP contribution in [0.15, 0.2) is 76.7 Å². The van der Waals surface area contributed by atoms with E-state index in [0.29, 0.717) is 5.76 Å². The van der Waals surface area contributed by atoms with Gasteiger partial charge in [0, 0.05) is 11.8 Å². The molecule has 128 valence electrons. The van der Waals surface area contributed by atoms with Crippen molar-refractivity contribution in [3.63, 3.8) is 0 Å². The first-order valence-electron chi connectivity index (χ1n) is 8.18. The first-order chi connectivity index (χ1) is 12.7. The molecule has 3 heterocycles. The molecule has 0 saturated carbocycles. The lowest BCUT2D eigenvalue weighted by Crippen LogP contribution is -1.93. The van der Waals surface area contributed by atoms with Crippen molar-refractivity contribution >= 4 is 23.2 Å². The number of hydrogen-bond acceptors (Lipinski definition) is 4. The Bertz CT molecular complexity index is 1060. The van der Waals surface area contributed by atoms with Gasteiger partial charge in [-0.1, -0.05) is 24.3 Å². The number of rotatable bonds is 5. The maximum Gasteiger partial charge on any atom is 0.221 e. The van der Waals surface area contributed by atoms with Gasteiger partial charge in [-0.05, 0) is 54.8 Å². The zero-order chi connectivity index (χ0) is 17.9. The van der Waals surface area contributed by atoms with Crippen molar-refractivity contribution in [3.8, 4) is 16.3 Å². The molecule has 0 spiro atoms. The van der Waals surface area contributed by atoms with E-state index in [1.165, 1.54) is 6.08 Å². The minimum Gasteiger partial charge on any atom is -0.458 e. The Morgan fingerprint density at radius 2 is 1.96 bits per heavy atom. The molecule has 0 amide bonds. The Labute approximate surface area is 155 Å². The van der Waals surface area contributed by atoms with Gasteiger partial charge in [0.15, 0.2) is 5.76 Å². The summed E-state index contributed by atoms with van der Waals surface area (Å²) in [5, 5.41) is 6.73. The van der Waals surface area contributed by atoms with Crippen LogP contribution in [0, 0.1) is 6.92 Å². The molecule has 5 heteroatoms. The van der Waals surface area contributed by atoms with Gasteiger partial charge < -0.3 is 4.42 Å². The summed E-state index contributed by atoms with van der Waals surface area (Å²) in [6.45, 7) is 1.82. The Morgan fingerprint density at radius 3 is 2.65 bits per heavy atom. The average Bonchev–Trinajstić information content (AvgIpc) is 3.40. The van der Waals surface area contributed by atoms with Gasteiger partial charge in [-0.25, -0.2) is 4.68 Å². The summed E-state index contributed by atoms with van der Waals surface area (Å²) in [6.07, 6.45) is 5.25. The highest BCUT2D eigenvalue weighted by molar-refractivity contribution is 7.13. The molecule has 0 aliphatic rings. The highest BCUT2D eigenvalue weighted by Crippen LogP contribution is 2.28. The first-order valence-corrected chi connectivity index (χ1v) is 9.06. The molecule has 0 atom stereocenters. The summed E-state index contributed by atoms with van der Waals surface area (Å²) in [5.74, 6) is 0.896. The monoisotopic (exact) mass is 360 g/mol. The van der Waals surface area contributed by atoms with Crippen LogP contribution in [0.2, 0.25) is 0 Å². The van der Waals surface area contributed by atoms with Gasteiger partial charge in [0.2, 0.25) is 5.78 Å². The predicted molar refractivity (Wildman–Crippen MR) is 104 cm³/mol. The van der Waals surface area contributed by atoms with Crippen LogP contribution < -0.4 is 0 Å². The van der Waals surface area contributed by atoms with Crippen molar-refractivity contribution in [1.82, 2.24) is 9.78 Å². The second-order valence-electron chi connectivity index (χ2n) is 5.80. The molecular formula is C21H16N2O2S. The van der Waals surface area contributed by atoms with E-state index in [1.807, 2.05) is 65.6 Å². The Kier molecular flexibility index (Phi) is 4.37. The molecule has 0 aliphatic heterocycles. The van der Waals surface area contributed by atoms with Gasteiger partial charge in [0.1, 0.15) is 11.5 Å². The van der Waals surface area contributed by atoms with Gasteiger partial charge in [0.25, 0.3) is 0 Å². The molecule has 0 aliphatic carbocycles. The van der Waals surface area contributed by atoms with Crippen molar-refractivity contribution in [2.75, 3.05) is 0 Å². The molecule has 3 aromatic heterocycles. The van der Waals surface area contributed by atoms with E-state index in [-0.39, 0.29) is 5.78 Å². The minimum absolute atomic E-state index is 0.164. The molecule has 26 heavy (non-hydrogen) atoms. The third-order valence-electron chi connectivity index (χ3n) is 3.92. The third kappa shape index (κ3) is 3.30. The smallest absolute Gasteiger partial charge is 0.221 e. The number of ketones is 1. The number of aryl methyl sites for hydroxylation is 1. The highest BCUT2D eigenvalue weighted by Gasteiger charge is 2.12. The van der Waals surface area contributed by atoms with Gasteiger partial charge in [-0.3, -0.25) is 4.79 Å². The van der Waals surface area contributed by atoms with Crippen molar-refractivity contribution in [1.29, 1.82) is 0 Å². The number of aromatic nitrogens is 2. The maximum absolute atomic E-state index is 12.3. The first kappa shape index (κ1) is 16.3. The lowest BCUT2D eigenvalue weighted by Gasteiger charge is -1.99. The van der Waals surface area contributed by atoms with Gasteiger partial charge in [-0.2, -0.15) is 5.10 Å². The number of benzene rings is 1. The molecule has 0 saturated heterocycles. The zero-order valence-electron chi connectivity index (χ0n) is 14.1. The van der Waals surface area contributed by atoms with Crippen LogP contribution in [0.5, 0.6) is 0 Å². The van der Waals surface area contributed by atoms with E-state index in [4.69, 9.17) is 9.52 Å². The van der Waals surface area contributed by atoms with E-state index in [1.54, 1.807) is 29.5 Å². The van der Waals surface area contributed by atoms with E-state index < -0.39 is 0 Å². The number of allylic oxidation sites excluding steroid dienone is 1. The molecule has 0 fully saturated rings. The third-order valence-corrected chi connectivity index (χ3v) is 4.79. The predicted octanol–water partition coefficient (Wildman–Crippen LogP) is 5.40. The lowest BCUT2D eigenvalue weighted by atomic mass is 10.2. The van der Waals surface area contributed by atoms with Crippen LogP contribution in [0.3, 0.4) is 0 Å². The zero-order valence-corrected chi connectivity index (χ0v) is 14.9.